The monoisotopic (exact) mass is 401 g/mol. The molecular formula is C20H26F3NO4. The Bertz CT molecular complexity index is 699. The minimum Gasteiger partial charge on any atom is -0.406 e. The number of carbonyl (C=O) groups is 1. The third kappa shape index (κ3) is 4.97. The van der Waals surface area contributed by atoms with Crippen LogP contribution in [0.1, 0.15) is 49.9 Å². The molecule has 2 atom stereocenters. The van der Waals surface area contributed by atoms with Crippen LogP contribution in [-0.4, -0.2) is 53.2 Å². The van der Waals surface area contributed by atoms with Crippen molar-refractivity contribution >= 4 is 5.91 Å². The summed E-state index contributed by atoms with van der Waals surface area (Å²) in [5, 5.41) is 10.3. The third-order valence-corrected chi connectivity index (χ3v) is 5.53. The average molecular weight is 401 g/mol. The molecule has 8 heteroatoms. The van der Waals surface area contributed by atoms with Crippen LogP contribution in [0.3, 0.4) is 0 Å². The molecule has 2 fully saturated rings. The number of benzene rings is 1. The van der Waals surface area contributed by atoms with Crippen molar-refractivity contribution in [2.45, 2.75) is 63.7 Å². The maximum absolute atomic E-state index is 12.7. The average Bonchev–Trinajstić information content (AvgIpc) is 2.60. The molecule has 0 saturated carbocycles. The van der Waals surface area contributed by atoms with Crippen molar-refractivity contribution in [3.8, 4) is 5.75 Å². The first-order valence-electron chi connectivity index (χ1n) is 9.58. The van der Waals surface area contributed by atoms with Gasteiger partial charge in [-0.25, -0.2) is 0 Å². The Hall–Kier alpha value is -1.80. The minimum absolute atomic E-state index is 0.0119. The molecule has 1 N–H and O–H groups in total. The number of hydrogen-bond acceptors (Lipinski definition) is 4. The molecule has 1 aromatic carbocycles. The van der Waals surface area contributed by atoms with E-state index in [1.807, 2.05) is 0 Å². The van der Waals surface area contributed by atoms with Gasteiger partial charge in [-0.1, -0.05) is 19.9 Å². The molecule has 2 aliphatic heterocycles. The summed E-state index contributed by atoms with van der Waals surface area (Å²) in [5.74, 6) is -0.451. The Balaban J connectivity index is 1.65. The first kappa shape index (κ1) is 20.9. The summed E-state index contributed by atoms with van der Waals surface area (Å²) < 4.78 is 47.4. The van der Waals surface area contributed by atoms with Crippen LogP contribution in [0.15, 0.2) is 24.3 Å². The summed E-state index contributed by atoms with van der Waals surface area (Å²) in [4.78, 5) is 14.3. The number of alkyl halides is 3. The molecule has 1 amide bonds. The van der Waals surface area contributed by atoms with Gasteiger partial charge in [-0.05, 0) is 43.4 Å². The van der Waals surface area contributed by atoms with Gasteiger partial charge in [-0.15, -0.1) is 13.2 Å². The number of aliphatic hydroxyl groups is 1. The first-order chi connectivity index (χ1) is 13.1. The summed E-state index contributed by atoms with van der Waals surface area (Å²) >= 11 is 0. The summed E-state index contributed by atoms with van der Waals surface area (Å²) in [5.41, 5.74) is -0.285. The number of carbonyl (C=O) groups excluding carboxylic acids is 1. The second-order valence-corrected chi connectivity index (χ2v) is 8.04. The number of nitrogens with zero attached hydrogens (tertiary/aromatic N) is 1. The Morgan fingerprint density at radius 2 is 2.00 bits per heavy atom. The number of amides is 1. The van der Waals surface area contributed by atoms with E-state index >= 15 is 0 Å². The van der Waals surface area contributed by atoms with Gasteiger partial charge < -0.3 is 19.5 Å². The van der Waals surface area contributed by atoms with Crippen molar-refractivity contribution in [3.63, 3.8) is 0 Å². The van der Waals surface area contributed by atoms with E-state index in [0.717, 1.165) is 6.07 Å². The quantitative estimate of drug-likeness (QED) is 0.838. The smallest absolute Gasteiger partial charge is 0.406 e. The highest BCUT2D eigenvalue weighted by Gasteiger charge is 2.44. The molecule has 1 spiro atoms. The summed E-state index contributed by atoms with van der Waals surface area (Å²) in [6.07, 6.45) is -2.87. The van der Waals surface area contributed by atoms with Gasteiger partial charge in [-0.3, -0.25) is 4.79 Å². The van der Waals surface area contributed by atoms with Crippen molar-refractivity contribution in [2.24, 2.45) is 5.92 Å². The summed E-state index contributed by atoms with van der Waals surface area (Å²) in [6.45, 7) is 4.98. The van der Waals surface area contributed by atoms with Crippen LogP contribution in [-0.2, 0) is 4.74 Å². The standard InChI is InChI=1S/C20H26F3NO4/c1-13(2)17-11-15(25)12-19(28-17)6-8-24(9-7-19)18(26)14-4-3-5-16(10-14)27-20(21,22)23/h3-5,10,13,15,17,25H,6-9,11-12H2,1-2H3/t15-,17-/m1/s1. The Kier molecular flexibility index (Phi) is 5.91. The third-order valence-electron chi connectivity index (χ3n) is 5.53. The van der Waals surface area contributed by atoms with E-state index in [9.17, 15) is 23.1 Å². The fourth-order valence-corrected chi connectivity index (χ4v) is 4.05. The second kappa shape index (κ2) is 7.91. The zero-order valence-electron chi connectivity index (χ0n) is 16.0. The lowest BCUT2D eigenvalue weighted by atomic mass is 9.80. The molecule has 0 bridgehead atoms. The number of likely N-dealkylation sites (tertiary alicyclic amines) is 1. The molecule has 0 radical (unpaired) electrons. The number of aliphatic hydroxyl groups excluding tert-OH is 1. The number of piperidine rings is 1. The van der Waals surface area contributed by atoms with E-state index in [1.54, 1.807) is 4.90 Å². The van der Waals surface area contributed by atoms with Crippen LogP contribution < -0.4 is 4.74 Å². The SMILES string of the molecule is CC(C)[C@H]1C[C@@H](O)CC2(CCN(C(=O)c3cccc(OC(F)(F)F)c3)CC2)O1. The second-order valence-electron chi connectivity index (χ2n) is 8.04. The lowest BCUT2D eigenvalue weighted by Gasteiger charge is -2.48. The molecule has 2 aliphatic rings. The zero-order chi connectivity index (χ0) is 20.5. The molecule has 2 saturated heterocycles. The minimum atomic E-state index is -4.80. The first-order valence-corrected chi connectivity index (χ1v) is 9.58. The Morgan fingerprint density at radius 3 is 2.61 bits per heavy atom. The van der Waals surface area contributed by atoms with Crippen LogP contribution in [0.5, 0.6) is 5.75 Å². The van der Waals surface area contributed by atoms with E-state index in [-0.39, 0.29) is 17.6 Å². The Labute approximate surface area is 162 Å². The van der Waals surface area contributed by atoms with Crippen LogP contribution in [0.4, 0.5) is 13.2 Å². The molecule has 3 rings (SSSR count). The van der Waals surface area contributed by atoms with Crippen molar-refractivity contribution in [2.75, 3.05) is 13.1 Å². The maximum Gasteiger partial charge on any atom is 0.573 e. The van der Waals surface area contributed by atoms with Crippen molar-refractivity contribution in [1.29, 1.82) is 0 Å². The van der Waals surface area contributed by atoms with E-state index in [2.05, 4.69) is 18.6 Å². The largest absolute Gasteiger partial charge is 0.573 e. The van der Waals surface area contributed by atoms with Crippen molar-refractivity contribution < 1.29 is 32.5 Å². The summed E-state index contributed by atoms with van der Waals surface area (Å²) in [7, 11) is 0. The van der Waals surface area contributed by atoms with Crippen LogP contribution in [0, 0.1) is 5.92 Å². The molecular weight excluding hydrogens is 375 g/mol. The Morgan fingerprint density at radius 1 is 1.32 bits per heavy atom. The fourth-order valence-electron chi connectivity index (χ4n) is 4.05. The molecule has 2 heterocycles. The van der Waals surface area contributed by atoms with Crippen LogP contribution >= 0.6 is 0 Å². The normalized spacial score (nSPS) is 25.2. The number of ether oxygens (including phenoxy) is 2. The van der Waals surface area contributed by atoms with Crippen LogP contribution in [0.25, 0.3) is 0 Å². The van der Waals surface area contributed by atoms with Gasteiger partial charge in [0.15, 0.2) is 0 Å². The molecule has 0 unspecified atom stereocenters. The fraction of sp³-hybridized carbons (Fsp3) is 0.650. The molecule has 0 aliphatic carbocycles. The van der Waals surface area contributed by atoms with Gasteiger partial charge in [0.05, 0.1) is 17.8 Å². The molecule has 5 nitrogen and oxygen atoms in total. The van der Waals surface area contributed by atoms with E-state index in [1.165, 1.54) is 18.2 Å². The van der Waals surface area contributed by atoms with Gasteiger partial charge >= 0.3 is 6.36 Å². The maximum atomic E-state index is 12.7. The lowest BCUT2D eigenvalue weighted by Crippen LogP contribution is -2.54. The predicted octanol–water partition coefficient (Wildman–Crippen LogP) is 3.76. The van der Waals surface area contributed by atoms with E-state index in [0.29, 0.717) is 44.7 Å². The number of halogens is 3. The van der Waals surface area contributed by atoms with Gasteiger partial charge in [0.25, 0.3) is 5.91 Å². The topological polar surface area (TPSA) is 59.0 Å². The number of hydrogen-bond donors (Lipinski definition) is 1. The zero-order valence-corrected chi connectivity index (χ0v) is 16.0. The van der Waals surface area contributed by atoms with E-state index in [4.69, 9.17) is 4.74 Å². The number of rotatable bonds is 3. The highest BCUT2D eigenvalue weighted by atomic mass is 19.4. The molecule has 156 valence electrons. The van der Waals surface area contributed by atoms with Gasteiger partial charge in [-0.2, -0.15) is 0 Å². The summed E-state index contributed by atoms with van der Waals surface area (Å²) in [6, 6.07) is 5.12. The van der Waals surface area contributed by atoms with Gasteiger partial charge in [0.2, 0.25) is 0 Å². The highest BCUT2D eigenvalue weighted by Crippen LogP contribution is 2.39. The van der Waals surface area contributed by atoms with Crippen LogP contribution in [0.2, 0.25) is 0 Å². The van der Waals surface area contributed by atoms with Crippen molar-refractivity contribution in [1.82, 2.24) is 4.90 Å². The molecule has 28 heavy (non-hydrogen) atoms. The predicted molar refractivity (Wildman–Crippen MR) is 95.9 cm³/mol. The molecule has 0 aromatic heterocycles. The van der Waals surface area contributed by atoms with Crippen molar-refractivity contribution in [3.05, 3.63) is 29.8 Å². The van der Waals surface area contributed by atoms with Gasteiger partial charge in [0, 0.05) is 25.1 Å². The highest BCUT2D eigenvalue weighted by molar-refractivity contribution is 5.94. The van der Waals surface area contributed by atoms with E-state index < -0.39 is 23.8 Å². The molecule has 1 aromatic rings. The van der Waals surface area contributed by atoms with Gasteiger partial charge in [0.1, 0.15) is 5.75 Å². The lowest BCUT2D eigenvalue weighted by molar-refractivity contribution is -0.274.